The smallest absolute Gasteiger partial charge is 0.422 e. The third-order valence-corrected chi connectivity index (χ3v) is 2.12. The Morgan fingerprint density at radius 1 is 1.35 bits per heavy atom. The maximum atomic E-state index is 11.9. The highest BCUT2D eigenvalue weighted by atomic mass is 35.5. The van der Waals surface area contributed by atoms with Gasteiger partial charge in [-0.05, 0) is 12.1 Å². The Hall–Kier alpha value is -1.14. The zero-order chi connectivity index (χ0) is 13.2. The van der Waals surface area contributed by atoms with Crippen LogP contribution in [-0.4, -0.2) is 23.9 Å². The van der Waals surface area contributed by atoms with E-state index in [1.165, 1.54) is 0 Å². The molecule has 0 aliphatic heterocycles. The number of carbonyl (C=O) groups is 1. The highest BCUT2D eigenvalue weighted by Gasteiger charge is 2.30. The van der Waals surface area contributed by atoms with Crippen molar-refractivity contribution in [1.82, 2.24) is 0 Å². The Morgan fingerprint density at radius 3 is 2.41 bits per heavy atom. The fraction of sp³-hybridized carbons (Fsp3) is 0.222. The molecule has 0 saturated carbocycles. The molecule has 0 aromatic heterocycles. The summed E-state index contributed by atoms with van der Waals surface area (Å²) < 4.78 is 40.2. The summed E-state index contributed by atoms with van der Waals surface area (Å²) in [6.07, 6.45) is -4.58. The first kappa shape index (κ1) is 13.9. The lowest BCUT2D eigenvalue weighted by atomic mass is 10.2. The second-order valence-electron chi connectivity index (χ2n) is 2.97. The minimum Gasteiger partial charge on any atom is -0.482 e. The Balaban J connectivity index is 3.09. The predicted molar refractivity (Wildman–Crippen MR) is 55.0 cm³/mol. The minimum absolute atomic E-state index is 0.00763. The molecule has 0 fully saturated rings. The van der Waals surface area contributed by atoms with Crippen molar-refractivity contribution in [2.75, 3.05) is 6.61 Å². The summed E-state index contributed by atoms with van der Waals surface area (Å²) in [5.74, 6) is -2.03. The highest BCUT2D eigenvalue weighted by molar-refractivity contribution is 6.36. The second kappa shape index (κ2) is 5.01. The highest BCUT2D eigenvalue weighted by Crippen LogP contribution is 2.33. The van der Waals surface area contributed by atoms with Crippen LogP contribution >= 0.6 is 23.2 Å². The van der Waals surface area contributed by atoms with Crippen molar-refractivity contribution in [3.05, 3.63) is 27.7 Å². The number of rotatable bonds is 3. The predicted octanol–water partition coefficient (Wildman–Crippen LogP) is 3.63. The van der Waals surface area contributed by atoms with Gasteiger partial charge in [-0.25, -0.2) is 4.79 Å². The van der Waals surface area contributed by atoms with Crippen molar-refractivity contribution < 1.29 is 27.8 Å². The van der Waals surface area contributed by atoms with Gasteiger partial charge in [0.1, 0.15) is 5.56 Å². The number of alkyl halides is 3. The van der Waals surface area contributed by atoms with Crippen LogP contribution in [0.5, 0.6) is 5.75 Å². The molecule has 1 aromatic carbocycles. The minimum atomic E-state index is -4.58. The van der Waals surface area contributed by atoms with Crippen LogP contribution < -0.4 is 4.74 Å². The summed E-state index contributed by atoms with van der Waals surface area (Å²) in [5, 5.41) is 8.47. The van der Waals surface area contributed by atoms with Crippen LogP contribution in [0.15, 0.2) is 12.1 Å². The van der Waals surface area contributed by atoms with E-state index in [1.54, 1.807) is 0 Å². The summed E-state index contributed by atoms with van der Waals surface area (Å²) >= 11 is 11.1. The van der Waals surface area contributed by atoms with Gasteiger partial charge in [0.05, 0.1) is 5.02 Å². The zero-order valence-electron chi connectivity index (χ0n) is 8.02. The Kier molecular flexibility index (Phi) is 4.11. The maximum absolute atomic E-state index is 11.9. The molecular weight excluding hydrogens is 284 g/mol. The molecule has 0 amide bonds. The molecule has 1 rings (SSSR count). The normalized spacial score (nSPS) is 11.4. The number of carboxylic acid groups (broad SMARTS) is 1. The van der Waals surface area contributed by atoms with E-state index in [0.29, 0.717) is 0 Å². The average molecular weight is 289 g/mol. The van der Waals surface area contributed by atoms with Crippen molar-refractivity contribution >= 4 is 29.2 Å². The van der Waals surface area contributed by atoms with Gasteiger partial charge in [0, 0.05) is 5.02 Å². The molecule has 1 N–H and O–H groups in total. The SMILES string of the molecule is O=C(O)c1cc(Cl)cc(Cl)c1OCC(F)(F)F. The van der Waals surface area contributed by atoms with E-state index in [9.17, 15) is 18.0 Å². The quantitative estimate of drug-likeness (QED) is 0.924. The average Bonchev–Trinajstić information content (AvgIpc) is 2.13. The first-order chi connectivity index (χ1) is 7.70. The number of halogens is 5. The molecular formula is C9H5Cl2F3O3. The Morgan fingerprint density at radius 2 is 1.94 bits per heavy atom. The second-order valence-corrected chi connectivity index (χ2v) is 3.82. The summed E-state index contributed by atoms with van der Waals surface area (Å²) in [6, 6.07) is 2.06. The van der Waals surface area contributed by atoms with Crippen LogP contribution in [0.3, 0.4) is 0 Å². The Bertz CT molecular complexity index is 446. The molecule has 0 atom stereocenters. The molecule has 0 spiro atoms. The fourth-order valence-electron chi connectivity index (χ4n) is 1.02. The van der Waals surface area contributed by atoms with E-state index in [0.717, 1.165) is 12.1 Å². The molecule has 0 bridgehead atoms. The summed E-state index contributed by atoms with van der Waals surface area (Å²) in [5.41, 5.74) is -0.522. The van der Waals surface area contributed by atoms with E-state index in [-0.39, 0.29) is 10.0 Å². The van der Waals surface area contributed by atoms with Crippen molar-refractivity contribution in [2.45, 2.75) is 6.18 Å². The topological polar surface area (TPSA) is 46.5 Å². The lowest BCUT2D eigenvalue weighted by Gasteiger charge is -2.13. The van der Waals surface area contributed by atoms with Gasteiger partial charge in [-0.15, -0.1) is 0 Å². The number of hydrogen-bond acceptors (Lipinski definition) is 2. The van der Waals surface area contributed by atoms with Crippen molar-refractivity contribution in [1.29, 1.82) is 0 Å². The van der Waals surface area contributed by atoms with Gasteiger partial charge in [0.15, 0.2) is 12.4 Å². The van der Waals surface area contributed by atoms with Crippen LogP contribution in [0, 0.1) is 0 Å². The summed E-state index contributed by atoms with van der Waals surface area (Å²) in [7, 11) is 0. The van der Waals surface area contributed by atoms with Crippen molar-refractivity contribution in [3.8, 4) is 5.75 Å². The van der Waals surface area contributed by atoms with Crippen molar-refractivity contribution in [2.24, 2.45) is 0 Å². The van der Waals surface area contributed by atoms with Gasteiger partial charge in [-0.2, -0.15) is 13.2 Å². The van der Waals surface area contributed by atoms with E-state index in [2.05, 4.69) is 4.74 Å². The number of benzene rings is 1. The molecule has 0 aliphatic carbocycles. The number of ether oxygens (including phenoxy) is 1. The lowest BCUT2D eigenvalue weighted by Crippen LogP contribution is -2.20. The van der Waals surface area contributed by atoms with Crippen LogP contribution in [0.25, 0.3) is 0 Å². The van der Waals surface area contributed by atoms with Crippen LogP contribution in [0.2, 0.25) is 10.0 Å². The van der Waals surface area contributed by atoms with E-state index < -0.39 is 30.1 Å². The maximum Gasteiger partial charge on any atom is 0.422 e. The Labute approximate surface area is 104 Å². The zero-order valence-corrected chi connectivity index (χ0v) is 9.53. The number of hydrogen-bond donors (Lipinski definition) is 1. The molecule has 8 heteroatoms. The van der Waals surface area contributed by atoms with Gasteiger partial charge in [-0.1, -0.05) is 23.2 Å². The van der Waals surface area contributed by atoms with Gasteiger partial charge in [-0.3, -0.25) is 0 Å². The van der Waals surface area contributed by atoms with Crippen molar-refractivity contribution in [3.63, 3.8) is 0 Å². The first-order valence-electron chi connectivity index (χ1n) is 4.12. The van der Waals surface area contributed by atoms with Crippen LogP contribution in [0.1, 0.15) is 10.4 Å². The monoisotopic (exact) mass is 288 g/mol. The number of carboxylic acids is 1. The van der Waals surface area contributed by atoms with Gasteiger partial charge in [0.2, 0.25) is 0 Å². The first-order valence-corrected chi connectivity index (χ1v) is 4.88. The van der Waals surface area contributed by atoms with E-state index in [1.807, 2.05) is 0 Å². The molecule has 94 valence electrons. The van der Waals surface area contributed by atoms with Crippen LogP contribution in [0.4, 0.5) is 13.2 Å². The molecule has 1 aromatic rings. The van der Waals surface area contributed by atoms with Gasteiger partial charge < -0.3 is 9.84 Å². The molecule has 0 heterocycles. The molecule has 0 unspecified atom stereocenters. The molecule has 3 nitrogen and oxygen atoms in total. The van der Waals surface area contributed by atoms with Gasteiger partial charge in [0.25, 0.3) is 0 Å². The summed E-state index contributed by atoms with van der Waals surface area (Å²) in [4.78, 5) is 10.8. The van der Waals surface area contributed by atoms with Crippen LogP contribution in [-0.2, 0) is 0 Å². The molecule has 17 heavy (non-hydrogen) atoms. The third-order valence-electron chi connectivity index (χ3n) is 1.62. The largest absolute Gasteiger partial charge is 0.482 e. The third kappa shape index (κ3) is 3.98. The molecule has 0 saturated heterocycles. The van der Waals surface area contributed by atoms with E-state index in [4.69, 9.17) is 28.3 Å². The van der Waals surface area contributed by atoms with E-state index >= 15 is 0 Å². The lowest BCUT2D eigenvalue weighted by molar-refractivity contribution is -0.153. The number of aromatic carboxylic acids is 1. The molecule has 0 aliphatic rings. The summed E-state index contributed by atoms with van der Waals surface area (Å²) in [6.45, 7) is -1.63. The standard InChI is InChI=1S/C9H5Cl2F3O3/c10-4-1-5(8(15)16)7(6(11)2-4)17-3-9(12,13)14/h1-2H,3H2,(H,15,16). The fourth-order valence-corrected chi connectivity index (χ4v) is 1.57. The molecule has 0 radical (unpaired) electrons. The van der Waals surface area contributed by atoms with Gasteiger partial charge >= 0.3 is 12.1 Å².